The summed E-state index contributed by atoms with van der Waals surface area (Å²) >= 11 is 0. The molecular formula is C22H21NO3. The van der Waals surface area contributed by atoms with Crippen LogP contribution in [0.1, 0.15) is 21.5 Å². The first kappa shape index (κ1) is 17.5. The highest BCUT2D eigenvalue weighted by Crippen LogP contribution is 2.30. The van der Waals surface area contributed by atoms with E-state index in [0.29, 0.717) is 13.1 Å². The van der Waals surface area contributed by atoms with E-state index in [1.54, 1.807) is 23.1 Å². The van der Waals surface area contributed by atoms with Gasteiger partial charge in [-0.25, -0.2) is 0 Å². The molecule has 0 heterocycles. The van der Waals surface area contributed by atoms with Gasteiger partial charge in [0.25, 0.3) is 5.91 Å². The molecule has 0 bridgehead atoms. The largest absolute Gasteiger partial charge is 0.504 e. The molecular weight excluding hydrogens is 326 g/mol. The summed E-state index contributed by atoms with van der Waals surface area (Å²) in [5, 5.41) is 10.4. The number of ether oxygens (including phenoxy) is 1. The number of hydrogen-bond acceptors (Lipinski definition) is 3. The molecule has 0 aromatic heterocycles. The lowest BCUT2D eigenvalue weighted by Crippen LogP contribution is -2.30. The number of aromatic hydroxyl groups is 1. The Hall–Kier alpha value is -3.27. The molecule has 0 radical (unpaired) electrons. The van der Waals surface area contributed by atoms with E-state index in [2.05, 4.69) is 0 Å². The molecule has 0 fully saturated rings. The molecule has 0 saturated heterocycles. The van der Waals surface area contributed by atoms with Crippen molar-refractivity contribution < 1.29 is 14.6 Å². The third kappa shape index (κ3) is 4.03. The average Bonchev–Trinajstić information content (AvgIpc) is 2.69. The SMILES string of the molecule is COc1cccc(C(=O)N(Cc2ccccc2)Cc2ccccc2)c1O. The van der Waals surface area contributed by atoms with Crippen LogP contribution in [0, 0.1) is 0 Å². The second-order valence-electron chi connectivity index (χ2n) is 5.99. The third-order valence-electron chi connectivity index (χ3n) is 4.17. The molecule has 26 heavy (non-hydrogen) atoms. The molecule has 0 saturated carbocycles. The van der Waals surface area contributed by atoms with Crippen LogP contribution >= 0.6 is 0 Å². The highest BCUT2D eigenvalue weighted by Gasteiger charge is 2.21. The van der Waals surface area contributed by atoms with Gasteiger partial charge >= 0.3 is 0 Å². The second-order valence-corrected chi connectivity index (χ2v) is 5.99. The van der Waals surface area contributed by atoms with Gasteiger partial charge in [-0.3, -0.25) is 4.79 Å². The van der Waals surface area contributed by atoms with Crippen molar-refractivity contribution in [3.8, 4) is 11.5 Å². The molecule has 0 unspecified atom stereocenters. The van der Waals surface area contributed by atoms with Gasteiger partial charge in [0, 0.05) is 13.1 Å². The smallest absolute Gasteiger partial charge is 0.258 e. The van der Waals surface area contributed by atoms with Crippen molar-refractivity contribution in [2.45, 2.75) is 13.1 Å². The molecule has 4 nitrogen and oxygen atoms in total. The lowest BCUT2D eigenvalue weighted by molar-refractivity contribution is 0.0726. The van der Waals surface area contributed by atoms with Crippen LogP contribution < -0.4 is 4.74 Å². The second kappa shape index (κ2) is 8.21. The van der Waals surface area contributed by atoms with Gasteiger partial charge in [0.2, 0.25) is 0 Å². The lowest BCUT2D eigenvalue weighted by atomic mass is 10.1. The maximum atomic E-state index is 13.2. The quantitative estimate of drug-likeness (QED) is 0.725. The Kier molecular flexibility index (Phi) is 5.54. The molecule has 0 aliphatic heterocycles. The number of rotatable bonds is 6. The van der Waals surface area contributed by atoms with Crippen molar-refractivity contribution in [2.24, 2.45) is 0 Å². The first-order chi connectivity index (χ1) is 12.7. The Balaban J connectivity index is 1.92. The fourth-order valence-electron chi connectivity index (χ4n) is 2.84. The lowest BCUT2D eigenvalue weighted by Gasteiger charge is -2.24. The van der Waals surface area contributed by atoms with Crippen molar-refractivity contribution in [2.75, 3.05) is 7.11 Å². The summed E-state index contributed by atoms with van der Waals surface area (Å²) in [5.74, 6) is -0.0875. The number of benzene rings is 3. The number of para-hydroxylation sites is 1. The third-order valence-corrected chi connectivity index (χ3v) is 4.17. The fourth-order valence-corrected chi connectivity index (χ4v) is 2.84. The van der Waals surface area contributed by atoms with Gasteiger partial charge in [-0.2, -0.15) is 0 Å². The molecule has 1 N–H and O–H groups in total. The minimum absolute atomic E-state index is 0.133. The molecule has 0 aliphatic carbocycles. The molecule has 0 aliphatic rings. The average molecular weight is 347 g/mol. The highest BCUT2D eigenvalue weighted by atomic mass is 16.5. The number of phenols is 1. The van der Waals surface area contributed by atoms with Gasteiger partial charge in [0.1, 0.15) is 0 Å². The van der Waals surface area contributed by atoms with Gasteiger partial charge in [0.15, 0.2) is 11.5 Å². The topological polar surface area (TPSA) is 49.8 Å². The van der Waals surface area contributed by atoms with Gasteiger partial charge in [0.05, 0.1) is 12.7 Å². The van der Waals surface area contributed by atoms with Crippen LogP contribution in [0.4, 0.5) is 0 Å². The zero-order chi connectivity index (χ0) is 18.4. The van der Waals surface area contributed by atoms with Gasteiger partial charge in [-0.1, -0.05) is 66.7 Å². The van der Waals surface area contributed by atoms with E-state index in [-0.39, 0.29) is 23.0 Å². The number of carbonyl (C=O) groups excluding carboxylic acids is 1. The predicted molar refractivity (Wildman–Crippen MR) is 101 cm³/mol. The normalized spacial score (nSPS) is 10.3. The maximum absolute atomic E-state index is 13.2. The first-order valence-electron chi connectivity index (χ1n) is 8.42. The van der Waals surface area contributed by atoms with Crippen LogP contribution in [0.25, 0.3) is 0 Å². The first-order valence-corrected chi connectivity index (χ1v) is 8.42. The molecule has 0 atom stereocenters. The zero-order valence-corrected chi connectivity index (χ0v) is 14.6. The van der Waals surface area contributed by atoms with Crippen molar-refractivity contribution in [1.82, 2.24) is 4.90 Å². The number of carbonyl (C=O) groups is 1. The summed E-state index contributed by atoms with van der Waals surface area (Å²) in [5.41, 5.74) is 2.29. The molecule has 0 spiro atoms. The Bertz CT molecular complexity index is 822. The molecule has 4 heteroatoms. The van der Waals surface area contributed by atoms with Crippen LogP contribution in [0.3, 0.4) is 0 Å². The van der Waals surface area contributed by atoms with Crippen LogP contribution in [0.15, 0.2) is 78.9 Å². The van der Waals surface area contributed by atoms with E-state index in [4.69, 9.17) is 4.74 Å². The van der Waals surface area contributed by atoms with Crippen LogP contribution in [0.2, 0.25) is 0 Å². The predicted octanol–water partition coefficient (Wildman–Crippen LogP) is 4.24. The molecule has 1 amide bonds. The summed E-state index contributed by atoms with van der Waals surface area (Å²) in [6.45, 7) is 0.899. The summed E-state index contributed by atoms with van der Waals surface area (Å²) in [6.07, 6.45) is 0. The van der Waals surface area contributed by atoms with E-state index >= 15 is 0 Å². The van der Waals surface area contributed by atoms with Crippen molar-refractivity contribution in [1.29, 1.82) is 0 Å². The fraction of sp³-hybridized carbons (Fsp3) is 0.136. The summed E-state index contributed by atoms with van der Waals surface area (Å²) in [6, 6.07) is 24.6. The van der Waals surface area contributed by atoms with Crippen LogP contribution in [-0.2, 0) is 13.1 Å². The number of hydrogen-bond donors (Lipinski definition) is 1. The van der Waals surface area contributed by atoms with Crippen molar-refractivity contribution in [3.63, 3.8) is 0 Å². The molecule has 132 valence electrons. The maximum Gasteiger partial charge on any atom is 0.258 e. The Morgan fingerprint density at radius 2 is 1.38 bits per heavy atom. The minimum atomic E-state index is -0.242. The number of phenolic OH excluding ortho intramolecular Hbond substituents is 1. The number of amides is 1. The van der Waals surface area contributed by atoms with Crippen molar-refractivity contribution in [3.05, 3.63) is 95.6 Å². The van der Waals surface area contributed by atoms with Gasteiger partial charge < -0.3 is 14.7 Å². The summed E-state index contributed by atoms with van der Waals surface area (Å²) in [7, 11) is 1.47. The Morgan fingerprint density at radius 1 is 0.846 bits per heavy atom. The van der Waals surface area contributed by atoms with Gasteiger partial charge in [-0.15, -0.1) is 0 Å². The van der Waals surface area contributed by atoms with E-state index in [1.165, 1.54) is 7.11 Å². The molecule has 3 aromatic rings. The summed E-state index contributed by atoms with van der Waals surface area (Å²) in [4.78, 5) is 14.9. The van der Waals surface area contributed by atoms with E-state index in [9.17, 15) is 9.90 Å². The molecule has 3 rings (SSSR count). The van der Waals surface area contributed by atoms with Crippen LogP contribution in [0.5, 0.6) is 11.5 Å². The van der Waals surface area contributed by atoms with E-state index < -0.39 is 0 Å². The Morgan fingerprint density at radius 3 is 1.88 bits per heavy atom. The van der Waals surface area contributed by atoms with E-state index in [0.717, 1.165) is 11.1 Å². The number of methoxy groups -OCH3 is 1. The minimum Gasteiger partial charge on any atom is -0.504 e. The summed E-state index contributed by atoms with van der Waals surface area (Å²) < 4.78 is 5.13. The monoisotopic (exact) mass is 347 g/mol. The van der Waals surface area contributed by atoms with Crippen molar-refractivity contribution >= 4 is 5.91 Å². The highest BCUT2D eigenvalue weighted by molar-refractivity contribution is 5.97. The zero-order valence-electron chi connectivity index (χ0n) is 14.6. The number of nitrogens with zero attached hydrogens (tertiary/aromatic N) is 1. The standard InChI is InChI=1S/C22H21NO3/c1-26-20-14-8-13-19(21(20)24)22(25)23(15-17-9-4-2-5-10-17)16-18-11-6-3-7-12-18/h2-14,24H,15-16H2,1H3. The Labute approximate surface area is 153 Å². The van der Waals surface area contributed by atoms with Gasteiger partial charge in [-0.05, 0) is 23.3 Å². The van der Waals surface area contributed by atoms with Crippen LogP contribution in [-0.4, -0.2) is 23.0 Å². The molecule has 3 aromatic carbocycles. The van der Waals surface area contributed by atoms with E-state index in [1.807, 2.05) is 60.7 Å².